The summed E-state index contributed by atoms with van der Waals surface area (Å²) in [6.07, 6.45) is 0. The van der Waals surface area contributed by atoms with Crippen LogP contribution < -0.4 is 10.6 Å². The molecular weight excluding hydrogens is 271 g/mol. The number of aromatic carboxylic acids is 1. The molecule has 4 nitrogen and oxygen atoms in total. The SMILES string of the molecule is Cc1cc(F)ccc1CN(C)c1ccc(C(=O)O)cc1N. The summed E-state index contributed by atoms with van der Waals surface area (Å²) in [5.41, 5.74) is 9.06. The highest BCUT2D eigenvalue weighted by molar-refractivity contribution is 5.90. The largest absolute Gasteiger partial charge is 0.478 e. The van der Waals surface area contributed by atoms with Crippen LogP contribution in [-0.2, 0) is 6.54 Å². The molecule has 0 heterocycles. The van der Waals surface area contributed by atoms with Crippen LogP contribution in [0.2, 0.25) is 0 Å². The van der Waals surface area contributed by atoms with Crippen molar-refractivity contribution in [2.75, 3.05) is 17.7 Å². The van der Waals surface area contributed by atoms with Crippen LogP contribution in [0.3, 0.4) is 0 Å². The first kappa shape index (κ1) is 14.8. The second-order valence-electron chi connectivity index (χ2n) is 5.01. The summed E-state index contributed by atoms with van der Waals surface area (Å²) in [7, 11) is 1.86. The summed E-state index contributed by atoms with van der Waals surface area (Å²) in [4.78, 5) is 12.8. The Balaban J connectivity index is 2.24. The number of halogens is 1. The number of nitrogens with two attached hydrogens (primary N) is 1. The molecule has 0 atom stereocenters. The van der Waals surface area contributed by atoms with E-state index in [0.717, 1.165) is 16.8 Å². The minimum atomic E-state index is -1.01. The normalized spacial score (nSPS) is 10.4. The lowest BCUT2D eigenvalue weighted by molar-refractivity contribution is 0.0697. The molecular formula is C16H17FN2O2. The minimum Gasteiger partial charge on any atom is -0.478 e. The molecule has 3 N–H and O–H groups in total. The molecule has 2 aromatic rings. The molecule has 2 aromatic carbocycles. The Morgan fingerprint density at radius 3 is 2.57 bits per heavy atom. The lowest BCUT2D eigenvalue weighted by Crippen LogP contribution is -2.18. The molecule has 0 bridgehead atoms. The van der Waals surface area contributed by atoms with Crippen LogP contribution in [0.25, 0.3) is 0 Å². The Kier molecular flexibility index (Phi) is 4.12. The first-order chi connectivity index (χ1) is 9.88. The number of carbonyl (C=O) groups is 1. The number of hydrogen-bond donors (Lipinski definition) is 2. The van der Waals surface area contributed by atoms with Crippen molar-refractivity contribution in [2.24, 2.45) is 0 Å². The Bertz CT molecular complexity index is 686. The third kappa shape index (κ3) is 3.31. The van der Waals surface area contributed by atoms with Gasteiger partial charge in [-0.15, -0.1) is 0 Å². The van der Waals surface area contributed by atoms with Crippen LogP contribution in [-0.4, -0.2) is 18.1 Å². The molecule has 0 fully saturated rings. The maximum absolute atomic E-state index is 13.1. The van der Waals surface area contributed by atoms with E-state index in [9.17, 15) is 9.18 Å². The maximum Gasteiger partial charge on any atom is 0.335 e. The quantitative estimate of drug-likeness (QED) is 0.849. The molecule has 0 saturated carbocycles. The summed E-state index contributed by atoms with van der Waals surface area (Å²) in [6, 6.07) is 9.28. The molecule has 0 unspecified atom stereocenters. The fourth-order valence-electron chi connectivity index (χ4n) is 2.21. The molecule has 0 aliphatic heterocycles. The van der Waals surface area contributed by atoms with Crippen molar-refractivity contribution in [3.8, 4) is 0 Å². The van der Waals surface area contributed by atoms with Gasteiger partial charge in [0.15, 0.2) is 0 Å². The molecule has 2 rings (SSSR count). The fraction of sp³-hybridized carbons (Fsp3) is 0.188. The third-order valence-corrected chi connectivity index (χ3v) is 3.40. The smallest absolute Gasteiger partial charge is 0.335 e. The molecule has 21 heavy (non-hydrogen) atoms. The summed E-state index contributed by atoms with van der Waals surface area (Å²) >= 11 is 0. The van der Waals surface area contributed by atoms with Crippen LogP contribution >= 0.6 is 0 Å². The number of carboxylic acid groups (broad SMARTS) is 1. The molecule has 110 valence electrons. The Morgan fingerprint density at radius 1 is 1.29 bits per heavy atom. The van der Waals surface area contributed by atoms with Gasteiger partial charge in [0.05, 0.1) is 16.9 Å². The van der Waals surface area contributed by atoms with E-state index in [1.807, 2.05) is 18.9 Å². The highest BCUT2D eigenvalue weighted by Gasteiger charge is 2.11. The standard InChI is InChI=1S/C16H17FN2O2/c1-10-7-13(17)5-3-12(10)9-19(2)15-6-4-11(16(20)21)8-14(15)18/h3-8H,9,18H2,1-2H3,(H,20,21). The van der Waals surface area contributed by atoms with Crippen LogP contribution in [0.15, 0.2) is 36.4 Å². The molecule has 0 amide bonds. The molecule has 0 saturated heterocycles. The van der Waals surface area contributed by atoms with Gasteiger partial charge in [-0.1, -0.05) is 6.07 Å². The minimum absolute atomic E-state index is 0.155. The highest BCUT2D eigenvalue weighted by Crippen LogP contribution is 2.25. The summed E-state index contributed by atoms with van der Waals surface area (Å²) in [5.74, 6) is -1.27. The van der Waals surface area contributed by atoms with Crippen molar-refractivity contribution in [1.82, 2.24) is 0 Å². The summed E-state index contributed by atoms with van der Waals surface area (Å²) in [6.45, 7) is 2.41. The van der Waals surface area contributed by atoms with Crippen molar-refractivity contribution in [2.45, 2.75) is 13.5 Å². The van der Waals surface area contributed by atoms with Gasteiger partial charge in [0.25, 0.3) is 0 Å². The summed E-state index contributed by atoms with van der Waals surface area (Å²) in [5, 5.41) is 8.93. The first-order valence-corrected chi connectivity index (χ1v) is 6.47. The highest BCUT2D eigenvalue weighted by atomic mass is 19.1. The van der Waals surface area contributed by atoms with Gasteiger partial charge in [-0.25, -0.2) is 9.18 Å². The number of rotatable bonds is 4. The van der Waals surface area contributed by atoms with E-state index in [0.29, 0.717) is 12.2 Å². The van der Waals surface area contributed by atoms with Gasteiger partial charge in [0, 0.05) is 13.6 Å². The second kappa shape index (κ2) is 5.83. The van der Waals surface area contributed by atoms with Crippen molar-refractivity contribution in [3.05, 3.63) is 58.9 Å². The number of aryl methyl sites for hydroxylation is 1. The summed E-state index contributed by atoms with van der Waals surface area (Å²) < 4.78 is 13.1. The number of anilines is 2. The van der Waals surface area contributed by atoms with Gasteiger partial charge in [-0.2, -0.15) is 0 Å². The number of benzene rings is 2. The van der Waals surface area contributed by atoms with Crippen molar-refractivity contribution in [3.63, 3.8) is 0 Å². The van der Waals surface area contributed by atoms with Crippen molar-refractivity contribution >= 4 is 17.3 Å². The van der Waals surface area contributed by atoms with Crippen molar-refractivity contribution in [1.29, 1.82) is 0 Å². The molecule has 5 heteroatoms. The van der Waals surface area contributed by atoms with E-state index in [4.69, 9.17) is 10.8 Å². The molecule has 0 spiro atoms. The molecule has 0 aliphatic rings. The van der Waals surface area contributed by atoms with E-state index in [1.54, 1.807) is 12.1 Å². The van der Waals surface area contributed by atoms with E-state index in [-0.39, 0.29) is 11.4 Å². The van der Waals surface area contributed by atoms with E-state index >= 15 is 0 Å². The van der Waals surface area contributed by atoms with Crippen LogP contribution in [0.5, 0.6) is 0 Å². The van der Waals surface area contributed by atoms with Gasteiger partial charge in [-0.3, -0.25) is 0 Å². The van der Waals surface area contributed by atoms with E-state index in [1.165, 1.54) is 24.3 Å². The Labute approximate surface area is 122 Å². The van der Waals surface area contributed by atoms with E-state index < -0.39 is 5.97 Å². The molecule has 0 aromatic heterocycles. The van der Waals surface area contributed by atoms with Crippen LogP contribution in [0.4, 0.5) is 15.8 Å². The third-order valence-electron chi connectivity index (χ3n) is 3.40. The topological polar surface area (TPSA) is 66.6 Å². The van der Waals surface area contributed by atoms with Gasteiger partial charge >= 0.3 is 5.97 Å². The maximum atomic E-state index is 13.1. The Hall–Kier alpha value is -2.56. The van der Waals surface area contributed by atoms with Gasteiger partial charge in [0.1, 0.15) is 5.82 Å². The van der Waals surface area contributed by atoms with Crippen molar-refractivity contribution < 1.29 is 14.3 Å². The zero-order valence-electron chi connectivity index (χ0n) is 11.9. The van der Waals surface area contributed by atoms with Gasteiger partial charge in [0.2, 0.25) is 0 Å². The lowest BCUT2D eigenvalue weighted by Gasteiger charge is -2.22. The molecule has 0 aliphatic carbocycles. The Morgan fingerprint density at radius 2 is 2.00 bits per heavy atom. The average molecular weight is 288 g/mol. The monoisotopic (exact) mass is 288 g/mol. The van der Waals surface area contributed by atoms with Gasteiger partial charge in [-0.05, 0) is 48.4 Å². The number of nitrogen functional groups attached to an aromatic ring is 1. The number of nitrogens with zero attached hydrogens (tertiary/aromatic N) is 1. The molecule has 0 radical (unpaired) electrons. The zero-order chi connectivity index (χ0) is 15.6. The lowest BCUT2D eigenvalue weighted by atomic mass is 10.1. The predicted molar refractivity (Wildman–Crippen MR) is 81.1 cm³/mol. The van der Waals surface area contributed by atoms with Gasteiger partial charge < -0.3 is 15.7 Å². The number of carboxylic acids is 1. The predicted octanol–water partition coefficient (Wildman–Crippen LogP) is 3.05. The number of hydrogen-bond acceptors (Lipinski definition) is 3. The van der Waals surface area contributed by atoms with E-state index in [2.05, 4.69) is 0 Å². The average Bonchev–Trinajstić information content (AvgIpc) is 2.41. The second-order valence-corrected chi connectivity index (χ2v) is 5.01. The van der Waals surface area contributed by atoms with Crippen LogP contribution in [0.1, 0.15) is 21.5 Å². The van der Waals surface area contributed by atoms with Crippen LogP contribution in [0, 0.1) is 12.7 Å². The zero-order valence-corrected chi connectivity index (χ0v) is 11.9. The first-order valence-electron chi connectivity index (χ1n) is 6.47. The fourth-order valence-corrected chi connectivity index (χ4v) is 2.21.